The molecule has 3 amide bonds. The van der Waals surface area contributed by atoms with Crippen LogP contribution < -0.4 is 15.1 Å². The van der Waals surface area contributed by atoms with Crippen LogP contribution in [0.15, 0.2) is 60.9 Å². The van der Waals surface area contributed by atoms with Gasteiger partial charge in [-0.2, -0.15) is 0 Å². The van der Waals surface area contributed by atoms with E-state index in [2.05, 4.69) is 15.2 Å². The molecule has 1 atom stereocenters. The molecule has 1 unspecified atom stereocenters. The van der Waals surface area contributed by atoms with E-state index in [0.717, 1.165) is 48.3 Å². The van der Waals surface area contributed by atoms with Crippen molar-refractivity contribution in [1.29, 1.82) is 0 Å². The van der Waals surface area contributed by atoms with Gasteiger partial charge in [-0.3, -0.25) is 14.5 Å². The van der Waals surface area contributed by atoms with Crippen molar-refractivity contribution >= 4 is 29.3 Å². The average molecular weight is 629 g/mol. The Kier molecular flexibility index (Phi) is 10.3. The maximum absolute atomic E-state index is 14.4. The van der Waals surface area contributed by atoms with Crippen molar-refractivity contribution in [3.63, 3.8) is 0 Å². The van der Waals surface area contributed by atoms with Crippen LogP contribution in [-0.2, 0) is 20.9 Å². The van der Waals surface area contributed by atoms with Gasteiger partial charge in [-0.05, 0) is 76.8 Å². The van der Waals surface area contributed by atoms with Crippen LogP contribution in [0, 0.1) is 13.8 Å². The van der Waals surface area contributed by atoms with E-state index < -0.39 is 11.6 Å². The second-order valence-corrected chi connectivity index (χ2v) is 13.4. The number of benzene rings is 2. The Bertz CT molecular complexity index is 1510. The molecule has 1 saturated heterocycles. The van der Waals surface area contributed by atoms with Gasteiger partial charge in [0, 0.05) is 56.0 Å². The Labute approximate surface area is 272 Å². The van der Waals surface area contributed by atoms with Gasteiger partial charge in [-0.15, -0.1) is 0 Å². The zero-order chi connectivity index (χ0) is 32.8. The largest absolute Gasteiger partial charge is 0.444 e. The van der Waals surface area contributed by atoms with E-state index in [1.807, 2.05) is 87.7 Å². The summed E-state index contributed by atoms with van der Waals surface area (Å²) in [5.41, 5.74) is 2.75. The number of hydrogen-bond acceptors (Lipinski definition) is 6. The van der Waals surface area contributed by atoms with Crippen molar-refractivity contribution in [2.45, 2.75) is 91.0 Å². The normalized spacial score (nSPS) is 16.5. The summed E-state index contributed by atoms with van der Waals surface area (Å²) < 4.78 is 7.39. The molecule has 10 nitrogen and oxygen atoms in total. The zero-order valence-electron chi connectivity index (χ0n) is 27.9. The number of piperazine rings is 1. The number of aryl methyl sites for hydroxylation is 2. The molecule has 1 N–H and O–H groups in total. The summed E-state index contributed by atoms with van der Waals surface area (Å²) in [6.45, 7) is 11.8. The number of anilines is 2. The van der Waals surface area contributed by atoms with Crippen LogP contribution in [0.2, 0.25) is 0 Å². The van der Waals surface area contributed by atoms with Crippen molar-refractivity contribution in [2.24, 2.45) is 0 Å². The number of nitrogens with one attached hydrogen (secondary N) is 1. The Hall–Kier alpha value is -4.34. The molecule has 1 aliphatic heterocycles. The highest BCUT2D eigenvalue weighted by Crippen LogP contribution is 2.33. The molecule has 0 bridgehead atoms. The van der Waals surface area contributed by atoms with Crippen molar-refractivity contribution in [1.82, 2.24) is 19.8 Å². The van der Waals surface area contributed by atoms with Gasteiger partial charge in [-0.1, -0.05) is 49.6 Å². The first kappa shape index (κ1) is 33.0. The highest BCUT2D eigenvalue weighted by Gasteiger charge is 2.35. The Morgan fingerprint density at radius 3 is 2.35 bits per heavy atom. The highest BCUT2D eigenvalue weighted by molar-refractivity contribution is 6.01. The van der Waals surface area contributed by atoms with E-state index in [4.69, 9.17) is 4.74 Å². The lowest BCUT2D eigenvalue weighted by molar-refractivity contribution is -0.127. The molecule has 5 rings (SSSR count). The standard InChI is InChI=1S/C36H48N6O4/c1-26-12-9-10-17-31(26)33(34(44)38-28-13-7-6-8-14-28)42(32(43)25-41-19-18-37-27(41)2)30-16-11-15-29(24-30)39-20-22-40(23-21-39)35(45)46-36(3,4)5/h9-12,15-19,24,28,33H,6-8,13-14,20-23,25H2,1-5H3,(H,38,44). The van der Waals surface area contributed by atoms with Gasteiger partial charge in [0.2, 0.25) is 11.8 Å². The summed E-state index contributed by atoms with van der Waals surface area (Å²) in [6.07, 6.45) is 8.41. The Balaban J connectivity index is 1.48. The Morgan fingerprint density at radius 1 is 0.978 bits per heavy atom. The highest BCUT2D eigenvalue weighted by atomic mass is 16.6. The third kappa shape index (κ3) is 8.08. The first-order valence-corrected chi connectivity index (χ1v) is 16.5. The summed E-state index contributed by atoms with van der Waals surface area (Å²) in [6, 6.07) is 14.9. The van der Waals surface area contributed by atoms with Crippen LogP contribution >= 0.6 is 0 Å². The summed E-state index contributed by atoms with van der Waals surface area (Å²) in [5.74, 6) is 0.345. The third-order valence-electron chi connectivity index (χ3n) is 8.84. The fourth-order valence-corrected chi connectivity index (χ4v) is 6.36. The van der Waals surface area contributed by atoms with Crippen LogP contribution in [0.4, 0.5) is 16.2 Å². The van der Waals surface area contributed by atoms with E-state index in [9.17, 15) is 14.4 Å². The van der Waals surface area contributed by atoms with Gasteiger partial charge < -0.3 is 24.4 Å². The summed E-state index contributed by atoms with van der Waals surface area (Å²) in [4.78, 5) is 51.4. The van der Waals surface area contributed by atoms with Crippen LogP contribution in [0.3, 0.4) is 0 Å². The van der Waals surface area contributed by atoms with Crippen LogP contribution in [0.25, 0.3) is 0 Å². The minimum atomic E-state index is -0.862. The molecule has 0 spiro atoms. The van der Waals surface area contributed by atoms with Gasteiger partial charge in [-0.25, -0.2) is 9.78 Å². The molecular weight excluding hydrogens is 580 g/mol. The maximum atomic E-state index is 14.4. The van der Waals surface area contributed by atoms with Gasteiger partial charge in [0.1, 0.15) is 24.0 Å². The first-order valence-electron chi connectivity index (χ1n) is 16.5. The third-order valence-corrected chi connectivity index (χ3v) is 8.84. The molecule has 1 saturated carbocycles. The molecule has 1 aromatic heterocycles. The van der Waals surface area contributed by atoms with Crippen molar-refractivity contribution < 1.29 is 19.1 Å². The number of nitrogens with zero attached hydrogens (tertiary/aromatic N) is 5. The Morgan fingerprint density at radius 2 is 1.70 bits per heavy atom. The average Bonchev–Trinajstić information content (AvgIpc) is 3.43. The van der Waals surface area contributed by atoms with E-state index in [1.165, 1.54) is 6.42 Å². The fourth-order valence-electron chi connectivity index (χ4n) is 6.36. The lowest BCUT2D eigenvalue weighted by Gasteiger charge is -2.38. The van der Waals surface area contributed by atoms with Gasteiger partial charge in [0.25, 0.3) is 0 Å². The SMILES string of the molecule is Cc1ccccc1C(C(=O)NC1CCCCC1)N(C(=O)Cn1ccnc1C)c1cccc(N2CCN(C(=O)OC(C)(C)C)CC2)c1. The molecule has 3 aromatic rings. The number of amides is 3. The number of ether oxygens (including phenoxy) is 1. The minimum absolute atomic E-state index is 0.0454. The fraction of sp³-hybridized carbons (Fsp3) is 0.500. The molecular formula is C36H48N6O4. The number of hydrogen-bond donors (Lipinski definition) is 1. The summed E-state index contributed by atoms with van der Waals surface area (Å²) >= 11 is 0. The molecule has 0 radical (unpaired) electrons. The van der Waals surface area contributed by atoms with E-state index in [1.54, 1.807) is 22.2 Å². The lowest BCUT2D eigenvalue weighted by atomic mass is 9.93. The van der Waals surface area contributed by atoms with E-state index in [0.29, 0.717) is 31.9 Å². The zero-order valence-corrected chi connectivity index (χ0v) is 27.9. The number of aromatic nitrogens is 2. The molecule has 2 aromatic carbocycles. The van der Waals surface area contributed by atoms with Crippen molar-refractivity contribution in [2.75, 3.05) is 36.0 Å². The summed E-state index contributed by atoms with van der Waals surface area (Å²) in [5, 5.41) is 3.32. The smallest absolute Gasteiger partial charge is 0.410 e. The van der Waals surface area contributed by atoms with Crippen LogP contribution in [0.5, 0.6) is 0 Å². The second-order valence-electron chi connectivity index (χ2n) is 13.4. The molecule has 2 heterocycles. The number of carbonyl (C=O) groups excluding carboxylic acids is 3. The topological polar surface area (TPSA) is 100 Å². The number of rotatable bonds is 8. The second kappa shape index (κ2) is 14.4. The molecule has 1 aliphatic carbocycles. The predicted molar refractivity (Wildman–Crippen MR) is 180 cm³/mol. The molecule has 46 heavy (non-hydrogen) atoms. The number of carbonyl (C=O) groups is 3. The van der Waals surface area contributed by atoms with Crippen molar-refractivity contribution in [3.05, 3.63) is 77.9 Å². The molecule has 10 heteroatoms. The van der Waals surface area contributed by atoms with E-state index >= 15 is 0 Å². The van der Waals surface area contributed by atoms with Gasteiger partial charge >= 0.3 is 6.09 Å². The molecule has 246 valence electrons. The van der Waals surface area contributed by atoms with Gasteiger partial charge in [0.05, 0.1) is 0 Å². The quantitative estimate of drug-likeness (QED) is 0.340. The molecule has 2 aliphatic rings. The van der Waals surface area contributed by atoms with Gasteiger partial charge in [0.15, 0.2) is 0 Å². The number of imidazole rings is 1. The van der Waals surface area contributed by atoms with Crippen molar-refractivity contribution in [3.8, 4) is 0 Å². The maximum Gasteiger partial charge on any atom is 0.410 e. The minimum Gasteiger partial charge on any atom is -0.444 e. The lowest BCUT2D eigenvalue weighted by Crippen LogP contribution is -2.50. The molecule has 2 fully saturated rings. The van der Waals surface area contributed by atoms with Crippen LogP contribution in [-0.4, -0.2) is 70.2 Å². The van der Waals surface area contributed by atoms with Crippen LogP contribution in [0.1, 0.15) is 75.9 Å². The van der Waals surface area contributed by atoms with E-state index in [-0.39, 0.29) is 30.5 Å². The first-order chi connectivity index (χ1) is 22.0. The predicted octanol–water partition coefficient (Wildman–Crippen LogP) is 5.78. The summed E-state index contributed by atoms with van der Waals surface area (Å²) in [7, 11) is 0. The monoisotopic (exact) mass is 628 g/mol.